The van der Waals surface area contributed by atoms with Crippen molar-refractivity contribution in [1.82, 2.24) is 10.2 Å². The summed E-state index contributed by atoms with van der Waals surface area (Å²) in [6, 6.07) is 11.8. The summed E-state index contributed by atoms with van der Waals surface area (Å²) in [5, 5.41) is 10.0. The molecule has 35 heavy (non-hydrogen) atoms. The number of alkyl halides is 3. The summed E-state index contributed by atoms with van der Waals surface area (Å²) in [4.78, 5) is 12.8. The molecule has 0 atom stereocenters. The van der Waals surface area contributed by atoms with Crippen LogP contribution in [0, 0.1) is 5.82 Å². The molecule has 4 aromatic rings. The Labute approximate surface area is 196 Å². The number of ether oxygens (including phenoxy) is 3. The highest BCUT2D eigenvalue weighted by Crippen LogP contribution is 2.34. The number of rotatable bonds is 7. The molecule has 1 amide bonds. The highest BCUT2D eigenvalue weighted by molar-refractivity contribution is 6.08. The van der Waals surface area contributed by atoms with E-state index in [1.54, 1.807) is 12.1 Å². The molecule has 3 aromatic carbocycles. The lowest BCUT2D eigenvalue weighted by Gasteiger charge is -2.14. The smallest absolute Gasteiger partial charge is 0.416 e. The number of carbonyl (C=O) groups excluding carboxylic acids is 1. The molecule has 0 saturated heterocycles. The monoisotopic (exact) mass is 489 g/mol. The molecule has 2 N–H and O–H groups in total. The Morgan fingerprint density at radius 3 is 2.34 bits per heavy atom. The third-order valence-electron chi connectivity index (χ3n) is 5.15. The van der Waals surface area contributed by atoms with Gasteiger partial charge in [-0.1, -0.05) is 6.07 Å². The van der Waals surface area contributed by atoms with Crippen molar-refractivity contribution in [2.24, 2.45) is 0 Å². The number of carbonyl (C=O) groups is 1. The lowest BCUT2D eigenvalue weighted by atomic mass is 10.1. The van der Waals surface area contributed by atoms with Gasteiger partial charge >= 0.3 is 6.18 Å². The Hall–Kier alpha value is -4.28. The number of halogens is 4. The zero-order valence-electron chi connectivity index (χ0n) is 18.5. The highest BCUT2D eigenvalue weighted by Gasteiger charge is 2.34. The van der Waals surface area contributed by atoms with Crippen molar-refractivity contribution in [3.05, 3.63) is 77.1 Å². The first kappa shape index (κ1) is 23.9. The second-order valence-corrected chi connectivity index (χ2v) is 7.42. The van der Waals surface area contributed by atoms with Gasteiger partial charge in [0.25, 0.3) is 5.91 Å². The summed E-state index contributed by atoms with van der Waals surface area (Å²) in [6.07, 6.45) is -4.73. The molecule has 0 aliphatic heterocycles. The van der Waals surface area contributed by atoms with Crippen molar-refractivity contribution >= 4 is 22.6 Å². The Morgan fingerprint density at radius 1 is 0.971 bits per heavy atom. The van der Waals surface area contributed by atoms with E-state index in [0.717, 1.165) is 12.1 Å². The van der Waals surface area contributed by atoms with Crippen molar-refractivity contribution < 1.29 is 36.6 Å². The Balaban J connectivity index is 1.56. The van der Waals surface area contributed by atoms with Gasteiger partial charge in [-0.15, -0.1) is 0 Å². The number of hydrogen-bond acceptors (Lipinski definition) is 5. The molecule has 0 aliphatic rings. The van der Waals surface area contributed by atoms with E-state index in [1.165, 1.54) is 38.5 Å². The zero-order chi connectivity index (χ0) is 25.2. The molecule has 0 spiro atoms. The minimum atomic E-state index is -4.73. The standard InChI is InChI=1S/C24H19F4N3O4/c1-33-17-7-14(8-18(10-17)34-2)23(32)29-22-19-11-16(5-6-21(19)30-31-22)35-12-13-3-4-15(25)9-20(13)24(26,27)28/h3-11H,12H2,1-2H3,(H2,29,30,31,32). The highest BCUT2D eigenvalue weighted by atomic mass is 19.4. The Kier molecular flexibility index (Phi) is 6.50. The van der Waals surface area contributed by atoms with Crippen molar-refractivity contribution in [3.8, 4) is 17.2 Å². The molecular weight excluding hydrogens is 470 g/mol. The molecule has 0 bridgehead atoms. The van der Waals surface area contributed by atoms with Gasteiger partial charge in [0, 0.05) is 22.6 Å². The largest absolute Gasteiger partial charge is 0.497 e. The number of nitrogens with one attached hydrogen (secondary N) is 2. The maximum Gasteiger partial charge on any atom is 0.416 e. The second-order valence-electron chi connectivity index (χ2n) is 7.42. The first-order chi connectivity index (χ1) is 16.7. The number of aromatic amines is 1. The maximum atomic E-state index is 13.3. The van der Waals surface area contributed by atoms with Gasteiger partial charge in [0.1, 0.15) is 29.7 Å². The van der Waals surface area contributed by atoms with Crippen LogP contribution >= 0.6 is 0 Å². The van der Waals surface area contributed by atoms with Crippen LogP contribution in [0.4, 0.5) is 23.4 Å². The van der Waals surface area contributed by atoms with Gasteiger partial charge in [-0.3, -0.25) is 9.89 Å². The van der Waals surface area contributed by atoms with Crippen molar-refractivity contribution in [2.75, 3.05) is 19.5 Å². The van der Waals surface area contributed by atoms with Gasteiger partial charge in [-0.25, -0.2) is 4.39 Å². The number of fused-ring (bicyclic) bond motifs is 1. The Morgan fingerprint density at radius 2 is 1.69 bits per heavy atom. The van der Waals surface area contributed by atoms with Gasteiger partial charge in [0.2, 0.25) is 0 Å². The number of nitrogens with zero attached hydrogens (tertiary/aromatic N) is 1. The van der Waals surface area contributed by atoms with Gasteiger partial charge in [0.15, 0.2) is 5.82 Å². The zero-order valence-corrected chi connectivity index (χ0v) is 18.5. The first-order valence-electron chi connectivity index (χ1n) is 10.2. The molecule has 0 saturated carbocycles. The third-order valence-corrected chi connectivity index (χ3v) is 5.15. The molecule has 1 aromatic heterocycles. The predicted molar refractivity (Wildman–Crippen MR) is 119 cm³/mol. The number of anilines is 1. The third kappa shape index (κ3) is 5.29. The molecule has 1 heterocycles. The quantitative estimate of drug-likeness (QED) is 0.332. The van der Waals surface area contributed by atoms with Crippen molar-refractivity contribution in [3.63, 3.8) is 0 Å². The van der Waals surface area contributed by atoms with Crippen LogP contribution in [0.2, 0.25) is 0 Å². The SMILES string of the molecule is COc1cc(OC)cc(C(=O)Nc2n[nH]c3ccc(OCc4ccc(F)cc4C(F)(F)F)cc23)c1. The van der Waals surface area contributed by atoms with Crippen molar-refractivity contribution in [2.45, 2.75) is 12.8 Å². The van der Waals surface area contributed by atoms with Gasteiger partial charge in [-0.05, 0) is 42.5 Å². The van der Waals surface area contributed by atoms with Crippen molar-refractivity contribution in [1.29, 1.82) is 0 Å². The topological polar surface area (TPSA) is 85.5 Å². The summed E-state index contributed by atoms with van der Waals surface area (Å²) < 4.78 is 69.0. The molecular formula is C24H19F4N3O4. The maximum absolute atomic E-state index is 13.3. The molecule has 0 radical (unpaired) electrons. The number of amides is 1. The van der Waals surface area contributed by atoms with Crippen LogP contribution in [0.25, 0.3) is 10.9 Å². The Bertz CT molecular complexity index is 1360. The summed E-state index contributed by atoms with van der Waals surface area (Å²) >= 11 is 0. The van der Waals surface area contributed by atoms with Crippen LogP contribution in [0.1, 0.15) is 21.5 Å². The van der Waals surface area contributed by atoms with E-state index in [9.17, 15) is 22.4 Å². The van der Waals surface area contributed by atoms with E-state index in [4.69, 9.17) is 14.2 Å². The second kappa shape index (κ2) is 9.53. The molecule has 182 valence electrons. The van der Waals surface area contributed by atoms with E-state index in [-0.39, 0.29) is 22.7 Å². The lowest BCUT2D eigenvalue weighted by molar-refractivity contribution is -0.138. The first-order valence-corrected chi connectivity index (χ1v) is 10.2. The molecule has 0 fully saturated rings. The van der Waals surface area contributed by atoms with Gasteiger partial charge < -0.3 is 19.5 Å². The van der Waals surface area contributed by atoms with Crippen LogP contribution in [0.3, 0.4) is 0 Å². The van der Waals surface area contributed by atoms with E-state index in [0.29, 0.717) is 28.5 Å². The number of hydrogen-bond donors (Lipinski definition) is 2. The molecule has 0 aliphatic carbocycles. The fourth-order valence-corrected chi connectivity index (χ4v) is 3.40. The molecule has 4 rings (SSSR count). The van der Waals surface area contributed by atoms with Crippen LogP contribution in [0.15, 0.2) is 54.6 Å². The van der Waals surface area contributed by atoms with E-state index >= 15 is 0 Å². The minimum absolute atomic E-state index is 0.190. The molecule has 0 unspecified atom stereocenters. The minimum Gasteiger partial charge on any atom is -0.497 e. The lowest BCUT2D eigenvalue weighted by Crippen LogP contribution is -2.13. The predicted octanol–water partition coefficient (Wildman–Crippen LogP) is 5.57. The fraction of sp³-hybridized carbons (Fsp3) is 0.167. The molecule has 11 heteroatoms. The van der Waals surface area contributed by atoms with E-state index in [1.807, 2.05) is 0 Å². The fourth-order valence-electron chi connectivity index (χ4n) is 3.40. The van der Waals surface area contributed by atoms with Crippen LogP contribution < -0.4 is 19.5 Å². The summed E-state index contributed by atoms with van der Waals surface area (Å²) in [7, 11) is 2.92. The normalized spacial score (nSPS) is 11.4. The van der Waals surface area contributed by atoms with Crippen LogP contribution in [-0.4, -0.2) is 30.3 Å². The van der Waals surface area contributed by atoms with Gasteiger partial charge in [0.05, 0.1) is 25.3 Å². The summed E-state index contributed by atoms with van der Waals surface area (Å²) in [5.41, 5.74) is -0.496. The average Bonchev–Trinajstić information content (AvgIpc) is 3.24. The van der Waals surface area contributed by atoms with Crippen LogP contribution in [0.5, 0.6) is 17.2 Å². The number of benzene rings is 3. The number of methoxy groups -OCH3 is 2. The number of aromatic nitrogens is 2. The summed E-state index contributed by atoms with van der Waals surface area (Å²) in [6.45, 7) is -0.441. The van der Waals surface area contributed by atoms with Crippen LogP contribution in [-0.2, 0) is 12.8 Å². The summed E-state index contributed by atoms with van der Waals surface area (Å²) in [5.74, 6) is -0.199. The van der Waals surface area contributed by atoms with E-state index in [2.05, 4.69) is 15.5 Å². The number of H-pyrrole nitrogens is 1. The average molecular weight is 489 g/mol. The van der Waals surface area contributed by atoms with Gasteiger partial charge in [-0.2, -0.15) is 18.3 Å². The molecule has 7 nitrogen and oxygen atoms in total. The van der Waals surface area contributed by atoms with E-state index < -0.39 is 30.1 Å².